The third-order valence-corrected chi connectivity index (χ3v) is 4.35. The number of ether oxygens (including phenoxy) is 1. The second-order valence-electron chi connectivity index (χ2n) is 6.63. The summed E-state index contributed by atoms with van der Waals surface area (Å²) in [6.07, 6.45) is 9.85. The molecule has 24 heavy (non-hydrogen) atoms. The molecule has 5 heteroatoms. The highest BCUT2D eigenvalue weighted by Gasteiger charge is 2.13. The molecular formula is C19H40N2O3. The fourth-order valence-corrected chi connectivity index (χ4v) is 2.72. The van der Waals surface area contributed by atoms with Crippen LogP contribution in [0.4, 0.5) is 0 Å². The molecule has 0 saturated carbocycles. The van der Waals surface area contributed by atoms with Crippen LogP contribution in [0.1, 0.15) is 64.7 Å². The Morgan fingerprint density at radius 2 is 1.54 bits per heavy atom. The summed E-state index contributed by atoms with van der Waals surface area (Å²) >= 11 is 0. The van der Waals surface area contributed by atoms with Crippen molar-refractivity contribution in [3.8, 4) is 0 Å². The van der Waals surface area contributed by atoms with E-state index in [9.17, 15) is 4.79 Å². The van der Waals surface area contributed by atoms with Crippen molar-refractivity contribution in [2.75, 3.05) is 53.6 Å². The molecule has 0 atom stereocenters. The van der Waals surface area contributed by atoms with Gasteiger partial charge in [-0.15, -0.1) is 0 Å². The number of hydrogen-bond acceptors (Lipinski definition) is 4. The standard InChI is InChI=1S/C19H40N2O3/c1-4-5-6-9-13-21(14-10-7-8-11-18-24-3)19(23)12-15-20(2)16-17-22/h22H,4-18H2,1-3H3. The average Bonchev–Trinajstić information content (AvgIpc) is 2.58. The van der Waals surface area contributed by atoms with E-state index in [1.165, 1.54) is 25.7 Å². The second kappa shape index (κ2) is 17.2. The maximum absolute atomic E-state index is 12.5. The number of methoxy groups -OCH3 is 1. The number of hydrogen-bond donors (Lipinski definition) is 1. The Balaban J connectivity index is 4.11. The maximum Gasteiger partial charge on any atom is 0.223 e. The summed E-state index contributed by atoms with van der Waals surface area (Å²) in [5, 5.41) is 8.94. The Kier molecular flexibility index (Phi) is 16.7. The van der Waals surface area contributed by atoms with Gasteiger partial charge >= 0.3 is 0 Å². The molecule has 0 unspecified atom stereocenters. The van der Waals surface area contributed by atoms with Crippen molar-refractivity contribution in [1.29, 1.82) is 0 Å². The Morgan fingerprint density at radius 1 is 0.917 bits per heavy atom. The van der Waals surface area contributed by atoms with Crippen LogP contribution in [-0.2, 0) is 9.53 Å². The zero-order chi connectivity index (χ0) is 18.0. The molecule has 0 aromatic rings. The van der Waals surface area contributed by atoms with Crippen molar-refractivity contribution in [3.63, 3.8) is 0 Å². The molecule has 0 rings (SSSR count). The van der Waals surface area contributed by atoms with E-state index in [4.69, 9.17) is 9.84 Å². The van der Waals surface area contributed by atoms with Crippen LogP contribution < -0.4 is 0 Å². The molecule has 1 N–H and O–H groups in total. The van der Waals surface area contributed by atoms with Gasteiger partial charge in [0.25, 0.3) is 0 Å². The molecular weight excluding hydrogens is 304 g/mol. The first-order valence-electron chi connectivity index (χ1n) is 9.71. The smallest absolute Gasteiger partial charge is 0.223 e. The fourth-order valence-electron chi connectivity index (χ4n) is 2.72. The van der Waals surface area contributed by atoms with E-state index in [1.807, 2.05) is 11.9 Å². The van der Waals surface area contributed by atoms with Crippen molar-refractivity contribution in [2.45, 2.75) is 64.7 Å². The zero-order valence-electron chi connectivity index (χ0n) is 16.3. The van der Waals surface area contributed by atoms with E-state index >= 15 is 0 Å². The topological polar surface area (TPSA) is 53.0 Å². The molecule has 0 aliphatic rings. The molecule has 5 nitrogen and oxygen atoms in total. The van der Waals surface area contributed by atoms with Crippen LogP contribution in [-0.4, -0.2) is 74.4 Å². The van der Waals surface area contributed by atoms with Crippen LogP contribution in [0.2, 0.25) is 0 Å². The summed E-state index contributed by atoms with van der Waals surface area (Å²) < 4.78 is 5.07. The number of amides is 1. The Morgan fingerprint density at radius 3 is 2.12 bits per heavy atom. The van der Waals surface area contributed by atoms with E-state index in [2.05, 4.69) is 11.8 Å². The van der Waals surface area contributed by atoms with Gasteiger partial charge < -0.3 is 19.6 Å². The molecule has 0 saturated heterocycles. The van der Waals surface area contributed by atoms with E-state index in [-0.39, 0.29) is 12.5 Å². The Hall–Kier alpha value is -0.650. The lowest BCUT2D eigenvalue weighted by Gasteiger charge is -2.24. The van der Waals surface area contributed by atoms with Crippen LogP contribution in [0.5, 0.6) is 0 Å². The van der Waals surface area contributed by atoms with Crippen molar-refractivity contribution in [2.24, 2.45) is 0 Å². The van der Waals surface area contributed by atoms with Gasteiger partial charge in [-0.3, -0.25) is 4.79 Å². The predicted molar refractivity (Wildman–Crippen MR) is 100 cm³/mol. The largest absolute Gasteiger partial charge is 0.395 e. The summed E-state index contributed by atoms with van der Waals surface area (Å²) in [6.45, 7) is 6.30. The number of aliphatic hydroxyl groups excluding tert-OH is 1. The highest BCUT2D eigenvalue weighted by molar-refractivity contribution is 5.76. The van der Waals surface area contributed by atoms with Crippen LogP contribution in [0.15, 0.2) is 0 Å². The molecule has 0 heterocycles. The van der Waals surface area contributed by atoms with E-state index < -0.39 is 0 Å². The molecule has 0 fully saturated rings. The minimum absolute atomic E-state index is 0.146. The van der Waals surface area contributed by atoms with Gasteiger partial charge in [0.15, 0.2) is 0 Å². The number of carbonyl (C=O) groups is 1. The van der Waals surface area contributed by atoms with E-state index in [0.717, 1.165) is 51.9 Å². The van der Waals surface area contributed by atoms with E-state index in [1.54, 1.807) is 7.11 Å². The van der Waals surface area contributed by atoms with Gasteiger partial charge in [0.2, 0.25) is 5.91 Å². The number of carbonyl (C=O) groups excluding carboxylic acids is 1. The quantitative estimate of drug-likeness (QED) is 0.412. The molecule has 1 amide bonds. The number of unbranched alkanes of at least 4 members (excludes halogenated alkanes) is 6. The van der Waals surface area contributed by atoms with Crippen LogP contribution >= 0.6 is 0 Å². The first-order valence-corrected chi connectivity index (χ1v) is 9.71. The third-order valence-electron chi connectivity index (χ3n) is 4.35. The van der Waals surface area contributed by atoms with Gasteiger partial charge in [-0.1, -0.05) is 39.0 Å². The minimum atomic E-state index is 0.146. The Labute approximate surface area is 149 Å². The van der Waals surface area contributed by atoms with Gasteiger partial charge in [-0.05, 0) is 26.3 Å². The van der Waals surface area contributed by atoms with Crippen molar-refractivity contribution in [3.05, 3.63) is 0 Å². The molecule has 0 aromatic heterocycles. The van der Waals surface area contributed by atoms with Crippen LogP contribution in [0.3, 0.4) is 0 Å². The molecule has 144 valence electrons. The van der Waals surface area contributed by atoms with Gasteiger partial charge in [0, 0.05) is 46.3 Å². The van der Waals surface area contributed by atoms with Crippen molar-refractivity contribution >= 4 is 5.91 Å². The van der Waals surface area contributed by atoms with Gasteiger partial charge in [-0.2, -0.15) is 0 Å². The Bertz CT molecular complexity index is 288. The zero-order valence-corrected chi connectivity index (χ0v) is 16.3. The summed E-state index contributed by atoms with van der Waals surface area (Å²) in [4.78, 5) is 16.6. The van der Waals surface area contributed by atoms with Gasteiger partial charge in [0.05, 0.1) is 6.61 Å². The number of aliphatic hydroxyl groups is 1. The summed E-state index contributed by atoms with van der Waals surface area (Å²) in [5.74, 6) is 0.258. The first kappa shape index (κ1) is 23.4. The SMILES string of the molecule is CCCCCCN(CCCCCCOC)C(=O)CCN(C)CCO. The molecule has 0 aliphatic heterocycles. The molecule has 0 spiro atoms. The molecule has 0 bridgehead atoms. The summed E-state index contributed by atoms with van der Waals surface area (Å²) in [5.41, 5.74) is 0. The van der Waals surface area contributed by atoms with E-state index in [0.29, 0.717) is 13.0 Å². The maximum atomic E-state index is 12.5. The molecule has 0 aromatic carbocycles. The second-order valence-corrected chi connectivity index (χ2v) is 6.63. The summed E-state index contributed by atoms with van der Waals surface area (Å²) in [6, 6.07) is 0. The number of likely N-dealkylation sites (N-methyl/N-ethyl adjacent to an activating group) is 1. The van der Waals surface area contributed by atoms with Crippen LogP contribution in [0, 0.1) is 0 Å². The monoisotopic (exact) mass is 344 g/mol. The first-order chi connectivity index (χ1) is 11.7. The predicted octanol–water partition coefficient (Wildman–Crippen LogP) is 2.92. The third kappa shape index (κ3) is 13.8. The number of rotatable bonds is 17. The van der Waals surface area contributed by atoms with Crippen molar-refractivity contribution < 1.29 is 14.6 Å². The van der Waals surface area contributed by atoms with Crippen LogP contribution in [0.25, 0.3) is 0 Å². The normalized spacial score (nSPS) is 11.2. The average molecular weight is 345 g/mol. The lowest BCUT2D eigenvalue weighted by molar-refractivity contribution is -0.131. The highest BCUT2D eigenvalue weighted by atomic mass is 16.5. The highest BCUT2D eigenvalue weighted by Crippen LogP contribution is 2.07. The van der Waals surface area contributed by atoms with Gasteiger partial charge in [-0.25, -0.2) is 0 Å². The molecule has 0 aliphatic carbocycles. The lowest BCUT2D eigenvalue weighted by atomic mass is 10.1. The fraction of sp³-hybridized carbons (Fsp3) is 0.947. The van der Waals surface area contributed by atoms with Gasteiger partial charge in [0.1, 0.15) is 0 Å². The van der Waals surface area contributed by atoms with Crippen molar-refractivity contribution in [1.82, 2.24) is 9.80 Å². The minimum Gasteiger partial charge on any atom is -0.395 e. The lowest BCUT2D eigenvalue weighted by Crippen LogP contribution is -2.35. The summed E-state index contributed by atoms with van der Waals surface area (Å²) in [7, 11) is 3.69. The number of nitrogens with zero attached hydrogens (tertiary/aromatic N) is 2. The molecule has 0 radical (unpaired) electrons.